The number of nitrogens with zero attached hydrogens (tertiary/aromatic N) is 2. The van der Waals surface area contributed by atoms with Crippen LogP contribution in [0.4, 0.5) is 5.82 Å². The van der Waals surface area contributed by atoms with Crippen molar-refractivity contribution in [2.45, 2.75) is 26.4 Å². The Bertz CT molecular complexity index is 365. The molecule has 17 heavy (non-hydrogen) atoms. The smallest absolute Gasteiger partial charge is 0.162 e. The molecule has 1 atom stereocenters. The molecule has 94 valence electrons. The number of anilines is 1. The van der Waals surface area contributed by atoms with Crippen LogP contribution in [0.25, 0.3) is 0 Å². The summed E-state index contributed by atoms with van der Waals surface area (Å²) in [6.07, 6.45) is 0.759. The van der Waals surface area contributed by atoms with E-state index in [-0.39, 0.29) is 6.10 Å². The van der Waals surface area contributed by atoms with Crippen LogP contribution in [0.3, 0.4) is 0 Å². The van der Waals surface area contributed by atoms with Crippen molar-refractivity contribution in [3.8, 4) is 0 Å². The summed E-state index contributed by atoms with van der Waals surface area (Å²) in [6.45, 7) is 6.79. The number of nitrogens with one attached hydrogen (secondary N) is 1. The van der Waals surface area contributed by atoms with Crippen LogP contribution in [0.2, 0.25) is 0 Å². The Balaban J connectivity index is 2.21. The van der Waals surface area contributed by atoms with Gasteiger partial charge in [-0.25, -0.2) is 9.97 Å². The summed E-state index contributed by atoms with van der Waals surface area (Å²) in [6, 6.07) is 1.98. The summed E-state index contributed by atoms with van der Waals surface area (Å²) >= 11 is 0. The highest BCUT2D eigenvalue weighted by Crippen LogP contribution is 2.19. The highest BCUT2D eigenvalue weighted by atomic mass is 16.6. The Morgan fingerprint density at radius 2 is 2.24 bits per heavy atom. The number of aryl methyl sites for hydroxylation is 1. The molecule has 5 heteroatoms. The maximum Gasteiger partial charge on any atom is 0.162 e. The fraction of sp³-hybridized carbons (Fsp3) is 0.667. The normalized spacial score (nSPS) is 20.2. The van der Waals surface area contributed by atoms with Gasteiger partial charge in [0, 0.05) is 18.3 Å². The number of aromatic nitrogens is 2. The van der Waals surface area contributed by atoms with Gasteiger partial charge in [-0.05, 0) is 13.3 Å². The van der Waals surface area contributed by atoms with Crippen LogP contribution in [-0.4, -0.2) is 36.3 Å². The molecule has 1 saturated heterocycles. The van der Waals surface area contributed by atoms with Gasteiger partial charge in [-0.2, -0.15) is 0 Å². The van der Waals surface area contributed by atoms with E-state index in [9.17, 15) is 0 Å². The Morgan fingerprint density at radius 3 is 2.88 bits per heavy atom. The quantitative estimate of drug-likeness (QED) is 0.861. The Kier molecular flexibility index (Phi) is 4.28. The zero-order chi connectivity index (χ0) is 12.1. The van der Waals surface area contributed by atoms with Gasteiger partial charge in [0.25, 0.3) is 0 Å². The maximum absolute atomic E-state index is 5.62. The van der Waals surface area contributed by atoms with Gasteiger partial charge >= 0.3 is 0 Å². The van der Waals surface area contributed by atoms with Crippen molar-refractivity contribution in [1.82, 2.24) is 9.97 Å². The van der Waals surface area contributed by atoms with Crippen LogP contribution < -0.4 is 5.32 Å². The molecule has 1 aliphatic heterocycles. The van der Waals surface area contributed by atoms with Gasteiger partial charge in [0.15, 0.2) is 5.82 Å². The monoisotopic (exact) mass is 237 g/mol. The molecule has 1 aromatic rings. The molecule has 2 rings (SSSR count). The van der Waals surface area contributed by atoms with Crippen molar-refractivity contribution in [3.63, 3.8) is 0 Å². The molecular formula is C12H19N3O2. The molecule has 1 aliphatic rings. The van der Waals surface area contributed by atoms with Crippen molar-refractivity contribution in [2.24, 2.45) is 0 Å². The van der Waals surface area contributed by atoms with Gasteiger partial charge in [-0.3, -0.25) is 0 Å². The van der Waals surface area contributed by atoms with E-state index in [0.717, 1.165) is 30.3 Å². The van der Waals surface area contributed by atoms with E-state index in [1.165, 1.54) is 0 Å². The summed E-state index contributed by atoms with van der Waals surface area (Å²) in [4.78, 5) is 8.97. The van der Waals surface area contributed by atoms with Crippen LogP contribution in [0.15, 0.2) is 6.07 Å². The van der Waals surface area contributed by atoms with Crippen LogP contribution in [0.1, 0.15) is 31.5 Å². The molecule has 1 aromatic heterocycles. The first-order chi connectivity index (χ1) is 8.33. The summed E-state index contributed by atoms with van der Waals surface area (Å²) < 4.78 is 11.0. The molecule has 1 N–H and O–H groups in total. The zero-order valence-corrected chi connectivity index (χ0v) is 10.4. The molecule has 0 aliphatic carbocycles. The van der Waals surface area contributed by atoms with Crippen molar-refractivity contribution in [1.29, 1.82) is 0 Å². The number of rotatable bonds is 4. The molecule has 0 amide bonds. The van der Waals surface area contributed by atoms with Gasteiger partial charge in [-0.1, -0.05) is 6.92 Å². The van der Waals surface area contributed by atoms with Crippen LogP contribution >= 0.6 is 0 Å². The van der Waals surface area contributed by atoms with Crippen LogP contribution in [-0.2, 0) is 15.9 Å². The standard InChI is InChI=1S/C12H19N3O2/c1-3-9-7-11(13-4-2)15-12(14-9)10-8-16-5-6-17-10/h7,10H,3-6,8H2,1-2H3,(H,13,14,15). The van der Waals surface area contributed by atoms with Gasteiger partial charge in [-0.15, -0.1) is 0 Å². The van der Waals surface area contributed by atoms with E-state index in [1.807, 2.05) is 13.0 Å². The van der Waals surface area contributed by atoms with Crippen molar-refractivity contribution >= 4 is 5.82 Å². The molecule has 0 radical (unpaired) electrons. The van der Waals surface area contributed by atoms with Crippen LogP contribution in [0, 0.1) is 0 Å². The lowest BCUT2D eigenvalue weighted by Gasteiger charge is -2.22. The first-order valence-corrected chi connectivity index (χ1v) is 6.14. The average molecular weight is 237 g/mol. The lowest BCUT2D eigenvalue weighted by molar-refractivity contribution is -0.0935. The fourth-order valence-corrected chi connectivity index (χ4v) is 1.75. The third-order valence-electron chi connectivity index (χ3n) is 2.62. The van der Waals surface area contributed by atoms with Crippen LogP contribution in [0.5, 0.6) is 0 Å². The number of hydrogen-bond acceptors (Lipinski definition) is 5. The lowest BCUT2D eigenvalue weighted by Crippen LogP contribution is -2.24. The topological polar surface area (TPSA) is 56.3 Å². The molecule has 0 saturated carbocycles. The predicted octanol–water partition coefficient (Wildman–Crippen LogP) is 1.56. The summed E-state index contributed by atoms with van der Waals surface area (Å²) in [5, 5.41) is 3.21. The lowest BCUT2D eigenvalue weighted by atomic mass is 10.2. The first-order valence-electron chi connectivity index (χ1n) is 6.14. The second-order valence-electron chi connectivity index (χ2n) is 3.92. The third kappa shape index (κ3) is 3.14. The largest absolute Gasteiger partial charge is 0.376 e. The van der Waals surface area contributed by atoms with Crippen molar-refractivity contribution in [2.75, 3.05) is 31.7 Å². The van der Waals surface area contributed by atoms with E-state index < -0.39 is 0 Å². The predicted molar refractivity (Wildman–Crippen MR) is 65.1 cm³/mol. The highest BCUT2D eigenvalue weighted by Gasteiger charge is 2.20. The fourth-order valence-electron chi connectivity index (χ4n) is 1.75. The van der Waals surface area contributed by atoms with Gasteiger partial charge < -0.3 is 14.8 Å². The van der Waals surface area contributed by atoms with E-state index in [1.54, 1.807) is 0 Å². The molecule has 0 aromatic carbocycles. The number of hydrogen-bond donors (Lipinski definition) is 1. The van der Waals surface area contributed by atoms with Gasteiger partial charge in [0.1, 0.15) is 11.9 Å². The molecule has 1 fully saturated rings. The minimum atomic E-state index is -0.132. The SMILES string of the molecule is CCNc1cc(CC)nc(C2COCCO2)n1. The second kappa shape index (κ2) is 5.93. The molecule has 2 heterocycles. The van der Waals surface area contributed by atoms with E-state index in [2.05, 4.69) is 22.2 Å². The Morgan fingerprint density at radius 1 is 1.35 bits per heavy atom. The first kappa shape index (κ1) is 12.3. The third-order valence-corrected chi connectivity index (χ3v) is 2.62. The summed E-state index contributed by atoms with van der Waals surface area (Å²) in [5.74, 6) is 1.59. The Labute approximate surface area is 102 Å². The van der Waals surface area contributed by atoms with Crippen molar-refractivity contribution < 1.29 is 9.47 Å². The average Bonchev–Trinajstić information content (AvgIpc) is 2.40. The highest BCUT2D eigenvalue weighted by molar-refractivity contribution is 5.36. The minimum Gasteiger partial charge on any atom is -0.376 e. The minimum absolute atomic E-state index is 0.132. The molecule has 0 bridgehead atoms. The zero-order valence-electron chi connectivity index (χ0n) is 10.4. The van der Waals surface area contributed by atoms with E-state index in [4.69, 9.17) is 9.47 Å². The molecule has 5 nitrogen and oxygen atoms in total. The second-order valence-corrected chi connectivity index (χ2v) is 3.92. The van der Waals surface area contributed by atoms with Crippen molar-refractivity contribution in [3.05, 3.63) is 17.6 Å². The van der Waals surface area contributed by atoms with Gasteiger partial charge in [0.05, 0.1) is 19.8 Å². The van der Waals surface area contributed by atoms with Gasteiger partial charge in [0.2, 0.25) is 0 Å². The Hall–Kier alpha value is -1.20. The van der Waals surface area contributed by atoms with E-state index >= 15 is 0 Å². The summed E-state index contributed by atoms with van der Waals surface area (Å²) in [7, 11) is 0. The molecular weight excluding hydrogens is 218 g/mol. The molecule has 0 spiro atoms. The van der Waals surface area contributed by atoms with E-state index in [0.29, 0.717) is 19.8 Å². The molecule has 1 unspecified atom stereocenters. The maximum atomic E-state index is 5.62. The number of ether oxygens (including phenoxy) is 2. The summed E-state index contributed by atoms with van der Waals surface area (Å²) in [5.41, 5.74) is 1.03.